The van der Waals surface area contributed by atoms with Crippen molar-refractivity contribution in [3.63, 3.8) is 0 Å². The molecule has 0 saturated heterocycles. The molecule has 4 N–H and O–H groups in total. The quantitative estimate of drug-likeness (QED) is 0.347. The van der Waals surface area contributed by atoms with Crippen LogP contribution in [0.2, 0.25) is 0 Å². The molecule has 9 heteroatoms. The first kappa shape index (κ1) is 19.0. The number of H-pyrrole nitrogens is 1. The summed E-state index contributed by atoms with van der Waals surface area (Å²) in [6.07, 6.45) is 1.38. The summed E-state index contributed by atoms with van der Waals surface area (Å²) in [6, 6.07) is 2.08. The Balaban J connectivity index is 2.23. The molecule has 0 aromatic carbocycles. The van der Waals surface area contributed by atoms with Crippen molar-refractivity contribution in [1.82, 2.24) is 10.3 Å². The van der Waals surface area contributed by atoms with Crippen molar-refractivity contribution in [3.05, 3.63) is 28.2 Å². The smallest absolute Gasteiger partial charge is 0.251 e. The fourth-order valence-electron chi connectivity index (χ4n) is 2.49. The number of aromatic hydroxyl groups is 1. The Morgan fingerprint density at radius 3 is 2.88 bits per heavy atom. The lowest BCUT2D eigenvalue weighted by molar-refractivity contribution is -0.125. The zero-order chi connectivity index (χ0) is 18.6. The monoisotopic (exact) mass is 366 g/mol. The van der Waals surface area contributed by atoms with Crippen molar-refractivity contribution in [2.24, 2.45) is 10.1 Å². The summed E-state index contributed by atoms with van der Waals surface area (Å²) >= 11 is 1.35. The van der Waals surface area contributed by atoms with Gasteiger partial charge in [0.05, 0.1) is 6.04 Å². The lowest BCUT2D eigenvalue weighted by atomic mass is 10.0. The van der Waals surface area contributed by atoms with Gasteiger partial charge in [-0.05, 0) is 20.3 Å². The Hall–Kier alpha value is -2.29. The van der Waals surface area contributed by atoms with E-state index < -0.39 is 17.1 Å². The number of oxime groups is 1. The van der Waals surface area contributed by atoms with Gasteiger partial charge in [0.15, 0.2) is 0 Å². The second-order valence-corrected chi connectivity index (χ2v) is 7.10. The molecule has 0 radical (unpaired) electrons. The molecule has 1 amide bonds. The molecule has 2 heterocycles. The van der Waals surface area contributed by atoms with E-state index in [1.807, 2.05) is 6.92 Å². The SMILES string of the molecule is CCC[C@@H](NC(=O)[C@]1(C)CSC(/C(C)=N\O)=N1)c1cc(O)cc(=O)[nH]1. The maximum atomic E-state index is 12.8. The lowest BCUT2D eigenvalue weighted by Crippen LogP contribution is -2.45. The molecule has 1 aliphatic rings. The summed E-state index contributed by atoms with van der Waals surface area (Å²) in [7, 11) is 0. The standard InChI is InChI=1S/C16H22N4O4S/c1-4-5-11(12-6-10(21)7-13(22)17-12)18-15(23)16(3)8-25-14(19-16)9(2)20-24/h6-7,11,24H,4-5,8H2,1-3H3,(H,18,23)(H2,17,21,22)/b20-9-/t11-,16+/m1/s1. The number of amides is 1. The minimum atomic E-state index is -0.991. The number of aromatic amines is 1. The van der Waals surface area contributed by atoms with Crippen LogP contribution in [0.3, 0.4) is 0 Å². The first-order valence-corrected chi connectivity index (χ1v) is 8.93. The topological polar surface area (TPSA) is 127 Å². The number of thioether (sulfide) groups is 1. The van der Waals surface area contributed by atoms with Gasteiger partial charge in [-0.25, -0.2) is 0 Å². The first-order valence-electron chi connectivity index (χ1n) is 7.95. The summed E-state index contributed by atoms with van der Waals surface area (Å²) in [6.45, 7) is 5.29. The number of hydrogen-bond acceptors (Lipinski definition) is 7. The van der Waals surface area contributed by atoms with Crippen molar-refractivity contribution in [2.75, 3.05) is 5.75 Å². The zero-order valence-electron chi connectivity index (χ0n) is 14.4. The molecule has 2 atom stereocenters. The number of hydrogen-bond donors (Lipinski definition) is 4. The molecule has 0 saturated carbocycles. The van der Waals surface area contributed by atoms with Crippen LogP contribution in [0.1, 0.15) is 45.3 Å². The Morgan fingerprint density at radius 2 is 2.28 bits per heavy atom. The summed E-state index contributed by atoms with van der Waals surface area (Å²) in [5.74, 6) is -0.00798. The molecule has 0 aliphatic carbocycles. The van der Waals surface area contributed by atoms with Crippen LogP contribution in [0.15, 0.2) is 27.1 Å². The predicted octanol–water partition coefficient (Wildman–Crippen LogP) is 1.79. The molecule has 136 valence electrons. The molecular weight excluding hydrogens is 344 g/mol. The maximum absolute atomic E-state index is 12.8. The van der Waals surface area contributed by atoms with E-state index in [-0.39, 0.29) is 11.7 Å². The predicted molar refractivity (Wildman–Crippen MR) is 97.7 cm³/mol. The van der Waals surface area contributed by atoms with E-state index in [0.717, 1.165) is 12.5 Å². The van der Waals surface area contributed by atoms with Crippen LogP contribution in [-0.2, 0) is 4.79 Å². The lowest BCUT2D eigenvalue weighted by Gasteiger charge is -2.24. The number of nitrogens with zero attached hydrogens (tertiary/aromatic N) is 2. The number of rotatable bonds is 6. The van der Waals surface area contributed by atoms with E-state index >= 15 is 0 Å². The Labute approximate surface area is 149 Å². The van der Waals surface area contributed by atoms with Crippen LogP contribution in [0.5, 0.6) is 5.75 Å². The molecule has 1 aromatic heterocycles. The number of nitrogens with one attached hydrogen (secondary N) is 2. The van der Waals surface area contributed by atoms with Crippen molar-refractivity contribution < 1.29 is 15.1 Å². The van der Waals surface area contributed by atoms with Crippen molar-refractivity contribution in [1.29, 1.82) is 0 Å². The number of pyridine rings is 1. The second kappa shape index (κ2) is 7.73. The van der Waals surface area contributed by atoms with E-state index in [2.05, 4.69) is 20.4 Å². The van der Waals surface area contributed by atoms with Crippen LogP contribution in [-0.4, -0.2) is 43.3 Å². The highest BCUT2D eigenvalue weighted by molar-refractivity contribution is 8.16. The fraction of sp³-hybridized carbons (Fsp3) is 0.500. The highest BCUT2D eigenvalue weighted by Crippen LogP contribution is 2.30. The highest BCUT2D eigenvalue weighted by Gasteiger charge is 2.39. The van der Waals surface area contributed by atoms with E-state index in [9.17, 15) is 14.7 Å². The van der Waals surface area contributed by atoms with Gasteiger partial charge in [-0.15, -0.1) is 11.8 Å². The molecule has 0 fully saturated rings. The largest absolute Gasteiger partial charge is 0.508 e. The molecule has 1 aromatic rings. The van der Waals surface area contributed by atoms with Gasteiger partial charge < -0.3 is 20.6 Å². The van der Waals surface area contributed by atoms with Crippen molar-refractivity contribution in [3.8, 4) is 5.75 Å². The van der Waals surface area contributed by atoms with E-state index in [1.165, 1.54) is 17.8 Å². The average Bonchev–Trinajstić information content (AvgIpc) is 2.96. The van der Waals surface area contributed by atoms with Crippen LogP contribution >= 0.6 is 11.8 Å². The minimum absolute atomic E-state index is 0.146. The van der Waals surface area contributed by atoms with E-state index in [4.69, 9.17) is 5.21 Å². The zero-order valence-corrected chi connectivity index (χ0v) is 15.2. The Kier molecular flexibility index (Phi) is 5.89. The van der Waals surface area contributed by atoms with Crippen molar-refractivity contribution in [2.45, 2.75) is 45.2 Å². The first-order chi connectivity index (χ1) is 11.8. The summed E-state index contributed by atoms with van der Waals surface area (Å²) in [5.41, 5.74) is -0.603. The summed E-state index contributed by atoms with van der Waals surface area (Å²) in [4.78, 5) is 31.4. The van der Waals surface area contributed by atoms with Gasteiger partial charge in [-0.3, -0.25) is 14.6 Å². The van der Waals surface area contributed by atoms with Gasteiger partial charge in [0.2, 0.25) is 5.91 Å². The number of aliphatic imine (C=N–C) groups is 1. The van der Waals surface area contributed by atoms with E-state index in [0.29, 0.717) is 28.6 Å². The van der Waals surface area contributed by atoms with Gasteiger partial charge in [-0.1, -0.05) is 18.5 Å². The molecule has 0 spiro atoms. The van der Waals surface area contributed by atoms with E-state index in [1.54, 1.807) is 13.8 Å². The number of carbonyl (C=O) groups excluding carboxylic acids is 1. The number of carbonyl (C=O) groups is 1. The molecular formula is C16H22N4O4S. The van der Waals surface area contributed by atoms with Gasteiger partial charge in [-0.2, -0.15) is 0 Å². The minimum Gasteiger partial charge on any atom is -0.508 e. The molecule has 2 rings (SSSR count). The normalized spacial score (nSPS) is 21.7. The van der Waals surface area contributed by atoms with Crippen LogP contribution in [0.25, 0.3) is 0 Å². The van der Waals surface area contributed by atoms with Gasteiger partial charge >= 0.3 is 0 Å². The molecule has 25 heavy (non-hydrogen) atoms. The van der Waals surface area contributed by atoms with Crippen LogP contribution in [0.4, 0.5) is 0 Å². The number of aromatic nitrogens is 1. The third kappa shape index (κ3) is 4.41. The summed E-state index contributed by atoms with van der Waals surface area (Å²) < 4.78 is 0. The van der Waals surface area contributed by atoms with Crippen LogP contribution < -0.4 is 10.9 Å². The maximum Gasteiger partial charge on any atom is 0.251 e. The Bertz CT molecular complexity index is 774. The molecule has 0 unspecified atom stereocenters. The molecule has 8 nitrogen and oxygen atoms in total. The van der Waals surface area contributed by atoms with Gasteiger partial charge in [0.25, 0.3) is 5.56 Å². The molecule has 1 aliphatic heterocycles. The van der Waals surface area contributed by atoms with Crippen molar-refractivity contribution >= 4 is 28.4 Å². The van der Waals surface area contributed by atoms with Gasteiger partial charge in [0.1, 0.15) is 22.0 Å². The van der Waals surface area contributed by atoms with Crippen LogP contribution in [0, 0.1) is 0 Å². The fourth-order valence-corrected chi connectivity index (χ4v) is 3.62. The Morgan fingerprint density at radius 1 is 1.56 bits per heavy atom. The third-order valence-corrected chi connectivity index (χ3v) is 5.26. The second-order valence-electron chi connectivity index (χ2n) is 6.14. The highest BCUT2D eigenvalue weighted by atomic mass is 32.2. The average molecular weight is 366 g/mol. The van der Waals surface area contributed by atoms with Gasteiger partial charge in [0, 0.05) is 23.6 Å². The summed E-state index contributed by atoms with van der Waals surface area (Å²) in [5, 5.41) is 25.0. The third-order valence-electron chi connectivity index (χ3n) is 3.89. The molecule has 0 bridgehead atoms.